The molecule has 8 heteroatoms. The number of rotatable bonds is 2. The van der Waals surface area contributed by atoms with Gasteiger partial charge in [0, 0.05) is 45.0 Å². The van der Waals surface area contributed by atoms with Crippen LogP contribution < -0.4 is 5.56 Å². The van der Waals surface area contributed by atoms with Crippen LogP contribution in [0.2, 0.25) is 0 Å². The number of hydrogen-bond donors (Lipinski definition) is 1. The molecule has 0 saturated carbocycles. The first-order valence-electron chi connectivity index (χ1n) is 10.2. The third-order valence-corrected chi connectivity index (χ3v) is 5.66. The van der Waals surface area contributed by atoms with Crippen molar-refractivity contribution in [1.29, 1.82) is 0 Å². The first-order valence-corrected chi connectivity index (χ1v) is 10.2. The molecule has 2 saturated heterocycles. The average Bonchev–Trinajstić information content (AvgIpc) is 3.33. The third kappa shape index (κ3) is 3.98. The van der Waals surface area contributed by atoms with Crippen molar-refractivity contribution in [3.05, 3.63) is 58.4 Å². The van der Waals surface area contributed by atoms with Gasteiger partial charge in [0.05, 0.1) is 0 Å². The van der Waals surface area contributed by atoms with Crippen molar-refractivity contribution in [2.24, 2.45) is 0 Å². The first kappa shape index (κ1) is 19.9. The van der Waals surface area contributed by atoms with E-state index in [1.165, 1.54) is 11.0 Å². The minimum absolute atomic E-state index is 0.0719. The SMILES string of the molecule is O=C(C(=O)N1CCN(C(=O)c2ccc(-c3ccccc3)[nH]c2=O)CC1)N1CCCC1. The molecule has 1 aromatic carbocycles. The normalized spacial score (nSPS) is 16.6. The minimum Gasteiger partial charge on any atom is -0.335 e. The van der Waals surface area contributed by atoms with Crippen molar-refractivity contribution in [1.82, 2.24) is 19.7 Å². The number of hydrogen-bond acceptors (Lipinski definition) is 4. The molecule has 2 fully saturated rings. The summed E-state index contributed by atoms with van der Waals surface area (Å²) in [4.78, 5) is 57.4. The number of carbonyl (C=O) groups is 3. The van der Waals surface area contributed by atoms with Gasteiger partial charge in [0.2, 0.25) is 0 Å². The van der Waals surface area contributed by atoms with Crippen LogP contribution in [0.25, 0.3) is 11.3 Å². The lowest BCUT2D eigenvalue weighted by atomic mass is 10.1. The van der Waals surface area contributed by atoms with Gasteiger partial charge in [0.15, 0.2) is 0 Å². The van der Waals surface area contributed by atoms with Gasteiger partial charge >= 0.3 is 11.8 Å². The van der Waals surface area contributed by atoms with E-state index in [4.69, 9.17) is 0 Å². The van der Waals surface area contributed by atoms with Gasteiger partial charge in [-0.05, 0) is 30.5 Å². The molecule has 2 aliphatic heterocycles. The summed E-state index contributed by atoms with van der Waals surface area (Å²) in [6, 6.07) is 12.7. The van der Waals surface area contributed by atoms with E-state index in [0.717, 1.165) is 18.4 Å². The Hall–Kier alpha value is -3.42. The van der Waals surface area contributed by atoms with Crippen LogP contribution in [0.1, 0.15) is 23.2 Å². The van der Waals surface area contributed by atoms with Crippen LogP contribution in [0.5, 0.6) is 0 Å². The Labute approximate surface area is 174 Å². The monoisotopic (exact) mass is 408 g/mol. The summed E-state index contributed by atoms with van der Waals surface area (Å²) in [6.07, 6.45) is 1.86. The Kier molecular flexibility index (Phi) is 5.65. The van der Waals surface area contributed by atoms with E-state index in [2.05, 4.69) is 4.98 Å². The van der Waals surface area contributed by atoms with Gasteiger partial charge in [0.25, 0.3) is 11.5 Å². The summed E-state index contributed by atoms with van der Waals surface area (Å²) in [5, 5.41) is 0. The molecule has 0 radical (unpaired) electrons. The lowest BCUT2D eigenvalue weighted by Crippen LogP contribution is -2.54. The van der Waals surface area contributed by atoms with Gasteiger partial charge in [-0.25, -0.2) is 0 Å². The van der Waals surface area contributed by atoms with Crippen molar-refractivity contribution in [3.63, 3.8) is 0 Å². The number of aromatic nitrogens is 1. The van der Waals surface area contributed by atoms with Crippen molar-refractivity contribution >= 4 is 17.7 Å². The molecule has 8 nitrogen and oxygen atoms in total. The zero-order valence-electron chi connectivity index (χ0n) is 16.7. The van der Waals surface area contributed by atoms with E-state index in [1.54, 1.807) is 15.9 Å². The van der Waals surface area contributed by atoms with Crippen LogP contribution >= 0.6 is 0 Å². The third-order valence-electron chi connectivity index (χ3n) is 5.66. The molecule has 3 amide bonds. The molecule has 2 aromatic rings. The van der Waals surface area contributed by atoms with Crippen molar-refractivity contribution in [2.45, 2.75) is 12.8 Å². The van der Waals surface area contributed by atoms with Crippen LogP contribution in [-0.2, 0) is 9.59 Å². The van der Waals surface area contributed by atoms with Crippen LogP contribution in [0.4, 0.5) is 0 Å². The fourth-order valence-corrected chi connectivity index (χ4v) is 3.90. The number of piperazine rings is 1. The highest BCUT2D eigenvalue weighted by Crippen LogP contribution is 2.16. The molecule has 1 aromatic heterocycles. The van der Waals surface area contributed by atoms with E-state index in [-0.39, 0.29) is 37.6 Å². The molecule has 0 spiro atoms. The van der Waals surface area contributed by atoms with Gasteiger partial charge in [0.1, 0.15) is 5.56 Å². The van der Waals surface area contributed by atoms with Crippen LogP contribution in [0.3, 0.4) is 0 Å². The topological polar surface area (TPSA) is 93.8 Å². The number of nitrogens with one attached hydrogen (secondary N) is 1. The standard InChI is InChI=1S/C22H24N4O4/c27-19-17(8-9-18(23-19)16-6-2-1-3-7-16)20(28)25-12-14-26(15-13-25)22(30)21(29)24-10-4-5-11-24/h1-3,6-9H,4-5,10-15H2,(H,23,27). The molecule has 2 aliphatic rings. The summed E-state index contributed by atoms with van der Waals surface area (Å²) in [6.45, 7) is 2.40. The minimum atomic E-state index is -0.505. The molecule has 4 rings (SSSR count). The van der Waals surface area contributed by atoms with E-state index in [0.29, 0.717) is 18.8 Å². The van der Waals surface area contributed by atoms with Crippen molar-refractivity contribution < 1.29 is 14.4 Å². The highest BCUT2D eigenvalue weighted by atomic mass is 16.2. The fourth-order valence-electron chi connectivity index (χ4n) is 3.90. The number of pyridine rings is 1. The van der Waals surface area contributed by atoms with Crippen molar-refractivity contribution in [3.8, 4) is 11.3 Å². The number of likely N-dealkylation sites (tertiary alicyclic amines) is 1. The lowest BCUT2D eigenvalue weighted by molar-refractivity contribution is -0.152. The van der Waals surface area contributed by atoms with Gasteiger partial charge in [-0.3, -0.25) is 19.2 Å². The van der Waals surface area contributed by atoms with Crippen LogP contribution in [0.15, 0.2) is 47.3 Å². The Morgan fingerprint density at radius 1 is 0.700 bits per heavy atom. The number of carbonyl (C=O) groups excluding carboxylic acids is 3. The summed E-state index contributed by atoms with van der Waals surface area (Å²) < 4.78 is 0. The molecular formula is C22H24N4O4. The largest absolute Gasteiger partial charge is 0.335 e. The summed E-state index contributed by atoms with van der Waals surface area (Å²) in [7, 11) is 0. The predicted octanol–water partition coefficient (Wildman–Crippen LogP) is 0.949. The molecule has 30 heavy (non-hydrogen) atoms. The molecule has 1 N–H and O–H groups in total. The van der Waals surface area contributed by atoms with Gasteiger partial charge < -0.3 is 19.7 Å². The summed E-state index contributed by atoms with van der Waals surface area (Å²) in [5.74, 6) is -1.33. The van der Waals surface area contributed by atoms with E-state index >= 15 is 0 Å². The summed E-state index contributed by atoms with van der Waals surface area (Å²) >= 11 is 0. The van der Waals surface area contributed by atoms with Crippen LogP contribution in [0, 0.1) is 0 Å². The average molecular weight is 408 g/mol. The maximum atomic E-state index is 12.8. The molecule has 0 unspecified atom stereocenters. The number of benzene rings is 1. The quantitative estimate of drug-likeness (QED) is 0.749. The molecule has 3 heterocycles. The predicted molar refractivity (Wildman–Crippen MR) is 111 cm³/mol. The number of H-pyrrole nitrogens is 1. The Morgan fingerprint density at radius 3 is 1.87 bits per heavy atom. The number of amides is 3. The zero-order chi connectivity index (χ0) is 21.1. The molecular weight excluding hydrogens is 384 g/mol. The second kappa shape index (κ2) is 8.52. The number of aromatic amines is 1. The maximum Gasteiger partial charge on any atom is 0.312 e. The Bertz CT molecular complexity index is 1000. The van der Waals surface area contributed by atoms with Crippen LogP contribution in [-0.4, -0.2) is 76.7 Å². The first-order chi connectivity index (χ1) is 14.5. The maximum absolute atomic E-state index is 12.8. The fraction of sp³-hybridized carbons (Fsp3) is 0.364. The smallest absolute Gasteiger partial charge is 0.312 e. The lowest BCUT2D eigenvalue weighted by Gasteiger charge is -2.34. The molecule has 0 atom stereocenters. The van der Waals surface area contributed by atoms with E-state index < -0.39 is 17.4 Å². The van der Waals surface area contributed by atoms with Gasteiger partial charge in [-0.2, -0.15) is 0 Å². The van der Waals surface area contributed by atoms with E-state index in [9.17, 15) is 19.2 Å². The van der Waals surface area contributed by atoms with Gasteiger partial charge in [-0.15, -0.1) is 0 Å². The van der Waals surface area contributed by atoms with Gasteiger partial charge in [-0.1, -0.05) is 30.3 Å². The number of nitrogens with zero attached hydrogens (tertiary/aromatic N) is 3. The molecule has 0 aliphatic carbocycles. The van der Waals surface area contributed by atoms with Crippen molar-refractivity contribution in [2.75, 3.05) is 39.3 Å². The Morgan fingerprint density at radius 2 is 1.27 bits per heavy atom. The van der Waals surface area contributed by atoms with E-state index in [1.807, 2.05) is 30.3 Å². The second-order valence-electron chi connectivity index (χ2n) is 7.56. The molecule has 156 valence electrons. The second-order valence-corrected chi connectivity index (χ2v) is 7.56. The summed E-state index contributed by atoms with van der Waals surface area (Å²) in [5.41, 5.74) is 1.14. The Balaban J connectivity index is 1.39. The molecule has 0 bridgehead atoms. The highest BCUT2D eigenvalue weighted by Gasteiger charge is 2.32. The highest BCUT2D eigenvalue weighted by molar-refractivity contribution is 6.35. The zero-order valence-corrected chi connectivity index (χ0v) is 16.7.